The normalized spacial score (nSPS) is 11.6. The Morgan fingerprint density at radius 2 is 1.97 bits per heavy atom. The molecule has 1 amide bonds. The third kappa shape index (κ3) is 4.41. The van der Waals surface area contributed by atoms with E-state index in [0.29, 0.717) is 51.3 Å². The lowest BCUT2D eigenvalue weighted by atomic mass is 10.0. The van der Waals surface area contributed by atoms with Gasteiger partial charge in [-0.3, -0.25) is 14.9 Å². The monoisotopic (exact) mass is 529 g/mol. The van der Waals surface area contributed by atoms with Crippen LogP contribution in [0.3, 0.4) is 0 Å². The van der Waals surface area contributed by atoms with Gasteiger partial charge >= 0.3 is 0 Å². The van der Waals surface area contributed by atoms with E-state index >= 15 is 4.39 Å². The van der Waals surface area contributed by atoms with Crippen LogP contribution in [0.25, 0.3) is 55.2 Å². The molecule has 3 N–H and O–H groups in total. The summed E-state index contributed by atoms with van der Waals surface area (Å²) in [5.41, 5.74) is 4.21. The van der Waals surface area contributed by atoms with Crippen molar-refractivity contribution in [3.63, 3.8) is 0 Å². The molecule has 8 nitrogen and oxygen atoms in total. The minimum absolute atomic E-state index is 0.110. The van der Waals surface area contributed by atoms with E-state index in [1.165, 1.54) is 12.1 Å². The first-order chi connectivity index (χ1) is 18.4. The second-order valence-electron chi connectivity index (χ2n) is 9.31. The Hall–Kier alpha value is -4.51. The molecule has 0 bridgehead atoms. The summed E-state index contributed by atoms with van der Waals surface area (Å²) >= 11 is 1.03. The highest BCUT2D eigenvalue weighted by Crippen LogP contribution is 2.35. The molecule has 11 heteroatoms. The van der Waals surface area contributed by atoms with Crippen molar-refractivity contribution in [2.24, 2.45) is 5.92 Å². The zero-order chi connectivity index (χ0) is 26.4. The SMILES string of the molecule is CC(C)CC(=O)Nc1cncc(-c2cc(F)c3n[nH]c(-c4nc5nccc(-c6ccc(F)s6)c5[nH]4)c3c2)c1. The largest absolute Gasteiger partial charge is 0.335 e. The lowest BCUT2D eigenvalue weighted by Crippen LogP contribution is -2.13. The van der Waals surface area contributed by atoms with Crippen LogP contribution in [-0.2, 0) is 4.79 Å². The molecule has 6 rings (SSSR count). The predicted octanol–water partition coefficient (Wildman–Crippen LogP) is 6.55. The molecule has 0 spiro atoms. The van der Waals surface area contributed by atoms with E-state index in [2.05, 4.69) is 35.5 Å². The van der Waals surface area contributed by atoms with Crippen LogP contribution in [0.1, 0.15) is 20.3 Å². The van der Waals surface area contributed by atoms with Crippen molar-refractivity contribution in [1.29, 1.82) is 0 Å². The Morgan fingerprint density at radius 3 is 2.76 bits per heavy atom. The number of rotatable bonds is 6. The molecule has 0 radical (unpaired) electrons. The number of nitrogens with one attached hydrogen (secondary N) is 3. The van der Waals surface area contributed by atoms with Crippen molar-refractivity contribution in [1.82, 2.24) is 30.1 Å². The molecular formula is C27H21F2N7OS. The Morgan fingerprint density at radius 1 is 1.11 bits per heavy atom. The summed E-state index contributed by atoms with van der Waals surface area (Å²) in [5, 5.41) is 10.1. The van der Waals surface area contributed by atoms with Crippen molar-refractivity contribution in [3.8, 4) is 33.1 Å². The van der Waals surface area contributed by atoms with Gasteiger partial charge in [-0.15, -0.1) is 11.3 Å². The molecule has 0 saturated carbocycles. The molecule has 5 heterocycles. The first-order valence-electron chi connectivity index (χ1n) is 11.9. The average molecular weight is 530 g/mol. The summed E-state index contributed by atoms with van der Waals surface area (Å²) in [6, 6.07) is 9.84. The first kappa shape index (κ1) is 23.9. The van der Waals surface area contributed by atoms with Crippen molar-refractivity contribution >= 4 is 45.0 Å². The topological polar surface area (TPSA) is 112 Å². The van der Waals surface area contributed by atoms with Gasteiger partial charge in [-0.25, -0.2) is 14.4 Å². The summed E-state index contributed by atoms with van der Waals surface area (Å²) < 4.78 is 28.8. The van der Waals surface area contributed by atoms with E-state index in [9.17, 15) is 9.18 Å². The number of halogens is 2. The Kier molecular flexibility index (Phi) is 5.91. The number of pyridine rings is 2. The van der Waals surface area contributed by atoms with Crippen LogP contribution in [-0.4, -0.2) is 36.0 Å². The van der Waals surface area contributed by atoms with Crippen LogP contribution in [0.15, 0.2) is 55.0 Å². The summed E-state index contributed by atoms with van der Waals surface area (Å²) in [6.07, 6.45) is 5.16. The Labute approximate surface area is 219 Å². The van der Waals surface area contributed by atoms with Crippen molar-refractivity contribution < 1.29 is 13.6 Å². The summed E-state index contributed by atoms with van der Waals surface area (Å²) in [7, 11) is 0. The maximum absolute atomic E-state index is 15.2. The van der Waals surface area contributed by atoms with Gasteiger partial charge in [0.05, 0.1) is 17.4 Å². The van der Waals surface area contributed by atoms with Gasteiger partial charge in [0.2, 0.25) is 5.91 Å². The van der Waals surface area contributed by atoms with Crippen molar-refractivity contribution in [2.75, 3.05) is 5.32 Å². The standard InChI is InChI=1S/C27H21F2N7OS/c1-13(2)7-22(37)32-16-8-15(11-30-12-16)14-9-18-23(19(28)10-14)35-36-25(18)27-33-24-17(5-6-31-26(24)34-27)20-3-4-21(29)38-20/h3-6,8-13H,7H2,1-2H3,(H,32,37)(H,35,36)(H,31,33,34). The zero-order valence-corrected chi connectivity index (χ0v) is 21.2. The number of hydrogen-bond acceptors (Lipinski definition) is 6. The number of thiophene rings is 1. The third-order valence-electron chi connectivity index (χ3n) is 6.03. The number of benzene rings is 1. The number of carbonyl (C=O) groups is 1. The minimum Gasteiger partial charge on any atom is -0.335 e. The van der Waals surface area contributed by atoms with Crippen molar-refractivity contribution in [3.05, 3.63) is 65.9 Å². The fourth-order valence-electron chi connectivity index (χ4n) is 4.37. The summed E-state index contributed by atoms with van der Waals surface area (Å²) in [6.45, 7) is 3.94. The van der Waals surface area contributed by atoms with Gasteiger partial charge in [-0.05, 0) is 47.9 Å². The number of fused-ring (bicyclic) bond motifs is 2. The Bertz CT molecular complexity index is 1820. The van der Waals surface area contributed by atoms with E-state index < -0.39 is 5.82 Å². The van der Waals surface area contributed by atoms with Gasteiger partial charge in [0, 0.05) is 40.2 Å². The molecule has 0 saturated heterocycles. The maximum atomic E-state index is 15.2. The van der Waals surface area contributed by atoms with Crippen LogP contribution in [0.2, 0.25) is 0 Å². The molecule has 1 aromatic carbocycles. The average Bonchev–Trinajstić information content (AvgIpc) is 3.61. The molecule has 38 heavy (non-hydrogen) atoms. The number of nitrogens with zero attached hydrogens (tertiary/aromatic N) is 4. The fourth-order valence-corrected chi connectivity index (χ4v) is 5.13. The molecular weight excluding hydrogens is 508 g/mol. The van der Waals surface area contributed by atoms with Crippen LogP contribution in [0.5, 0.6) is 0 Å². The third-order valence-corrected chi connectivity index (χ3v) is 6.94. The lowest BCUT2D eigenvalue weighted by Gasteiger charge is -2.09. The number of aromatic amines is 2. The molecule has 6 aromatic rings. The molecule has 190 valence electrons. The number of hydrogen-bond donors (Lipinski definition) is 3. The number of aromatic nitrogens is 6. The van der Waals surface area contributed by atoms with E-state index in [1.807, 2.05) is 13.8 Å². The van der Waals surface area contributed by atoms with Gasteiger partial charge in [-0.2, -0.15) is 9.49 Å². The van der Waals surface area contributed by atoms with Gasteiger partial charge in [0.25, 0.3) is 0 Å². The lowest BCUT2D eigenvalue weighted by molar-refractivity contribution is -0.116. The number of amides is 1. The van der Waals surface area contributed by atoms with E-state index in [-0.39, 0.29) is 22.5 Å². The van der Waals surface area contributed by atoms with Gasteiger partial charge in [0.1, 0.15) is 11.2 Å². The summed E-state index contributed by atoms with van der Waals surface area (Å²) in [4.78, 5) is 29.4. The number of imidazole rings is 1. The molecule has 0 atom stereocenters. The molecule has 0 fully saturated rings. The van der Waals surface area contributed by atoms with Crippen molar-refractivity contribution in [2.45, 2.75) is 20.3 Å². The minimum atomic E-state index is -0.516. The van der Waals surface area contributed by atoms with Crippen LogP contribution in [0.4, 0.5) is 14.5 Å². The van der Waals surface area contributed by atoms with Crippen LogP contribution < -0.4 is 5.32 Å². The highest BCUT2D eigenvalue weighted by Gasteiger charge is 2.19. The second kappa shape index (κ2) is 9.42. The van der Waals surface area contributed by atoms with Gasteiger partial charge in [-0.1, -0.05) is 13.8 Å². The maximum Gasteiger partial charge on any atom is 0.224 e. The number of H-pyrrole nitrogens is 2. The van der Waals surface area contributed by atoms with E-state index in [0.717, 1.165) is 21.8 Å². The highest BCUT2D eigenvalue weighted by molar-refractivity contribution is 7.14. The van der Waals surface area contributed by atoms with Crippen LogP contribution in [0, 0.1) is 16.9 Å². The van der Waals surface area contributed by atoms with E-state index in [4.69, 9.17) is 0 Å². The molecule has 5 aromatic heterocycles. The van der Waals surface area contributed by atoms with E-state index in [1.54, 1.807) is 42.9 Å². The quantitative estimate of drug-likeness (QED) is 0.226. The number of anilines is 1. The van der Waals surface area contributed by atoms with Gasteiger partial charge < -0.3 is 10.3 Å². The molecule has 0 unspecified atom stereocenters. The smallest absolute Gasteiger partial charge is 0.224 e. The Balaban J connectivity index is 1.41. The predicted molar refractivity (Wildman–Crippen MR) is 144 cm³/mol. The molecule has 0 aliphatic carbocycles. The summed E-state index contributed by atoms with van der Waals surface area (Å²) in [5.74, 6) is 0.0149. The second-order valence-corrected chi connectivity index (χ2v) is 10.3. The zero-order valence-electron chi connectivity index (χ0n) is 20.3. The molecule has 0 aliphatic rings. The number of carbonyl (C=O) groups excluding carboxylic acids is 1. The fraction of sp³-hybridized carbons (Fsp3) is 0.148. The van der Waals surface area contributed by atoms with Crippen LogP contribution >= 0.6 is 11.3 Å². The van der Waals surface area contributed by atoms with Gasteiger partial charge in [0.15, 0.2) is 22.4 Å². The first-order valence-corrected chi connectivity index (χ1v) is 12.7. The highest BCUT2D eigenvalue weighted by atomic mass is 32.1. The molecule has 0 aliphatic heterocycles.